The van der Waals surface area contributed by atoms with Crippen LogP contribution in [0.4, 0.5) is 18.9 Å². The Kier molecular flexibility index (Phi) is 6.43. The van der Waals surface area contributed by atoms with Crippen LogP contribution in [-0.4, -0.2) is 21.9 Å². The van der Waals surface area contributed by atoms with Crippen LogP contribution >= 0.6 is 28.3 Å². The SMILES string of the molecule is CC(N)(C(=O)Nc1cnn(CC(F)(F)F)c1)c1ccc(Br)cc1.Cl. The maximum atomic E-state index is 12.3. The number of nitrogens with one attached hydrogen (secondary N) is 1. The molecule has 1 amide bonds. The highest BCUT2D eigenvalue weighted by Gasteiger charge is 2.31. The number of carbonyl (C=O) groups is 1. The van der Waals surface area contributed by atoms with E-state index in [1.807, 2.05) is 0 Å². The Bertz CT molecular complexity index is 701. The summed E-state index contributed by atoms with van der Waals surface area (Å²) in [6, 6.07) is 6.87. The number of amides is 1. The van der Waals surface area contributed by atoms with Crippen molar-refractivity contribution >= 4 is 39.9 Å². The van der Waals surface area contributed by atoms with Crippen molar-refractivity contribution in [3.8, 4) is 0 Å². The lowest BCUT2D eigenvalue weighted by Gasteiger charge is -2.23. The van der Waals surface area contributed by atoms with E-state index < -0.39 is 24.2 Å². The van der Waals surface area contributed by atoms with Crippen molar-refractivity contribution < 1.29 is 18.0 Å². The quantitative estimate of drug-likeness (QED) is 0.785. The fourth-order valence-electron chi connectivity index (χ4n) is 1.89. The average Bonchev–Trinajstić information content (AvgIpc) is 2.84. The summed E-state index contributed by atoms with van der Waals surface area (Å²) in [6.45, 7) is 0.293. The predicted octanol–water partition coefficient (Wildman–Crippen LogP) is 3.44. The maximum absolute atomic E-state index is 12.3. The van der Waals surface area contributed by atoms with Gasteiger partial charge in [-0.2, -0.15) is 18.3 Å². The van der Waals surface area contributed by atoms with Crippen molar-refractivity contribution in [3.05, 3.63) is 46.7 Å². The molecular formula is C14H15BrClF3N4O. The summed E-state index contributed by atoms with van der Waals surface area (Å²) in [7, 11) is 0. The number of nitrogens with two attached hydrogens (primary N) is 1. The number of halogens is 5. The zero-order valence-corrected chi connectivity index (χ0v) is 14.9. The van der Waals surface area contributed by atoms with Crippen molar-refractivity contribution in [1.29, 1.82) is 0 Å². The van der Waals surface area contributed by atoms with E-state index in [9.17, 15) is 18.0 Å². The number of rotatable bonds is 4. The third-order valence-electron chi connectivity index (χ3n) is 3.15. The zero-order valence-electron chi connectivity index (χ0n) is 12.5. The second kappa shape index (κ2) is 7.54. The van der Waals surface area contributed by atoms with E-state index in [-0.39, 0.29) is 18.1 Å². The van der Waals surface area contributed by atoms with Gasteiger partial charge >= 0.3 is 6.18 Å². The molecule has 24 heavy (non-hydrogen) atoms. The fraction of sp³-hybridized carbons (Fsp3) is 0.286. The van der Waals surface area contributed by atoms with Crippen LogP contribution in [-0.2, 0) is 16.9 Å². The largest absolute Gasteiger partial charge is 0.408 e. The number of alkyl halides is 3. The first kappa shape index (κ1) is 20.5. The molecule has 3 N–H and O–H groups in total. The molecule has 0 spiro atoms. The molecular weight excluding hydrogens is 413 g/mol. The molecule has 132 valence electrons. The fourth-order valence-corrected chi connectivity index (χ4v) is 2.15. The summed E-state index contributed by atoms with van der Waals surface area (Å²) in [5, 5.41) is 6.03. The average molecular weight is 428 g/mol. The monoisotopic (exact) mass is 426 g/mol. The molecule has 1 aromatic carbocycles. The first-order valence-electron chi connectivity index (χ1n) is 6.53. The highest BCUT2D eigenvalue weighted by atomic mass is 79.9. The Labute approximate surface area is 150 Å². The minimum absolute atomic E-state index is 0. The molecule has 0 fully saturated rings. The number of anilines is 1. The highest BCUT2D eigenvalue weighted by Crippen LogP contribution is 2.23. The Morgan fingerprint density at radius 2 is 1.92 bits per heavy atom. The molecule has 1 atom stereocenters. The van der Waals surface area contributed by atoms with Gasteiger partial charge in [0.2, 0.25) is 5.91 Å². The summed E-state index contributed by atoms with van der Waals surface area (Å²) < 4.78 is 38.4. The van der Waals surface area contributed by atoms with Crippen LogP contribution in [0.2, 0.25) is 0 Å². The molecule has 5 nitrogen and oxygen atoms in total. The van der Waals surface area contributed by atoms with Crippen LogP contribution in [0.15, 0.2) is 41.1 Å². The van der Waals surface area contributed by atoms with E-state index in [0.29, 0.717) is 10.2 Å². The van der Waals surface area contributed by atoms with Crippen molar-refractivity contribution in [2.24, 2.45) is 5.73 Å². The first-order chi connectivity index (χ1) is 10.6. The lowest BCUT2D eigenvalue weighted by atomic mass is 9.92. The molecule has 0 aliphatic heterocycles. The van der Waals surface area contributed by atoms with Crippen molar-refractivity contribution in [2.45, 2.75) is 25.2 Å². The van der Waals surface area contributed by atoms with Gasteiger partial charge in [-0.15, -0.1) is 12.4 Å². The van der Waals surface area contributed by atoms with E-state index in [2.05, 4.69) is 26.3 Å². The van der Waals surface area contributed by atoms with Gasteiger partial charge in [0.05, 0.1) is 11.9 Å². The number of carbonyl (C=O) groups excluding carboxylic acids is 1. The van der Waals surface area contributed by atoms with Crippen LogP contribution < -0.4 is 11.1 Å². The number of hydrogen-bond donors (Lipinski definition) is 2. The van der Waals surface area contributed by atoms with Crippen LogP contribution in [0.1, 0.15) is 12.5 Å². The second-order valence-corrected chi connectivity index (χ2v) is 6.12. The van der Waals surface area contributed by atoms with Gasteiger partial charge in [-0.25, -0.2) is 0 Å². The Hall–Kier alpha value is -1.58. The van der Waals surface area contributed by atoms with Crippen LogP contribution in [0, 0.1) is 0 Å². The summed E-state index contributed by atoms with van der Waals surface area (Å²) in [5.74, 6) is -0.550. The van der Waals surface area contributed by atoms with Gasteiger partial charge < -0.3 is 11.1 Å². The Morgan fingerprint density at radius 1 is 1.33 bits per heavy atom. The molecule has 0 saturated carbocycles. The van der Waals surface area contributed by atoms with Gasteiger partial charge in [-0.1, -0.05) is 28.1 Å². The third-order valence-corrected chi connectivity index (χ3v) is 3.68. The zero-order chi connectivity index (χ0) is 17.3. The van der Waals surface area contributed by atoms with Gasteiger partial charge in [0.15, 0.2) is 0 Å². The summed E-state index contributed by atoms with van der Waals surface area (Å²) in [6.07, 6.45) is -2.14. The normalized spacial score (nSPS) is 13.8. The van der Waals surface area contributed by atoms with E-state index in [1.165, 1.54) is 6.92 Å². The lowest BCUT2D eigenvalue weighted by Crippen LogP contribution is -2.45. The molecule has 0 bridgehead atoms. The lowest BCUT2D eigenvalue weighted by molar-refractivity contribution is -0.142. The maximum Gasteiger partial charge on any atom is 0.408 e. The van der Waals surface area contributed by atoms with E-state index >= 15 is 0 Å². The highest BCUT2D eigenvalue weighted by molar-refractivity contribution is 9.10. The predicted molar refractivity (Wildman–Crippen MR) is 89.8 cm³/mol. The molecule has 1 unspecified atom stereocenters. The van der Waals surface area contributed by atoms with Crippen LogP contribution in [0.25, 0.3) is 0 Å². The van der Waals surface area contributed by atoms with Crippen molar-refractivity contribution in [3.63, 3.8) is 0 Å². The van der Waals surface area contributed by atoms with Crippen LogP contribution in [0.5, 0.6) is 0 Å². The Balaban J connectivity index is 0.00000288. The minimum atomic E-state index is -4.38. The number of aromatic nitrogens is 2. The smallest absolute Gasteiger partial charge is 0.322 e. The van der Waals surface area contributed by atoms with Crippen molar-refractivity contribution in [2.75, 3.05) is 5.32 Å². The molecule has 10 heteroatoms. The van der Waals surface area contributed by atoms with E-state index in [4.69, 9.17) is 5.73 Å². The third kappa shape index (κ3) is 5.22. The van der Waals surface area contributed by atoms with Gasteiger partial charge in [-0.05, 0) is 24.6 Å². The summed E-state index contributed by atoms with van der Waals surface area (Å²) in [4.78, 5) is 12.3. The first-order valence-corrected chi connectivity index (χ1v) is 7.33. The van der Waals surface area contributed by atoms with E-state index in [0.717, 1.165) is 16.9 Å². The van der Waals surface area contributed by atoms with Gasteiger partial charge in [-0.3, -0.25) is 9.48 Å². The second-order valence-electron chi connectivity index (χ2n) is 5.21. The van der Waals surface area contributed by atoms with E-state index in [1.54, 1.807) is 24.3 Å². The number of nitrogens with zero attached hydrogens (tertiary/aromatic N) is 2. The summed E-state index contributed by atoms with van der Waals surface area (Å²) in [5.41, 5.74) is 5.43. The van der Waals surface area contributed by atoms with Crippen LogP contribution in [0.3, 0.4) is 0 Å². The van der Waals surface area contributed by atoms with Gasteiger partial charge in [0.25, 0.3) is 0 Å². The topological polar surface area (TPSA) is 72.9 Å². The van der Waals surface area contributed by atoms with Gasteiger partial charge in [0, 0.05) is 10.7 Å². The molecule has 1 aromatic heterocycles. The molecule has 1 heterocycles. The molecule has 0 radical (unpaired) electrons. The summed E-state index contributed by atoms with van der Waals surface area (Å²) >= 11 is 3.29. The molecule has 2 aromatic rings. The van der Waals surface area contributed by atoms with Gasteiger partial charge in [0.1, 0.15) is 12.1 Å². The number of hydrogen-bond acceptors (Lipinski definition) is 3. The Morgan fingerprint density at radius 3 is 2.46 bits per heavy atom. The molecule has 0 aliphatic carbocycles. The standard InChI is InChI=1S/C14H14BrF3N4O.ClH/c1-13(19,9-2-4-10(15)5-3-9)12(23)21-11-6-20-22(7-11)8-14(16,17)18;/h2-7H,8,19H2,1H3,(H,21,23);1H. The minimum Gasteiger partial charge on any atom is -0.322 e. The molecule has 0 saturated heterocycles. The molecule has 0 aliphatic rings. The molecule has 2 rings (SSSR count). The van der Waals surface area contributed by atoms with Crippen molar-refractivity contribution in [1.82, 2.24) is 9.78 Å². The number of benzene rings is 1.